The van der Waals surface area contributed by atoms with E-state index >= 15 is 0 Å². The molecule has 3 aromatic rings. The molecule has 11 heteroatoms. The summed E-state index contributed by atoms with van der Waals surface area (Å²) in [4.78, 5) is 12.9. The zero-order valence-corrected chi connectivity index (χ0v) is 18.7. The van der Waals surface area contributed by atoms with Crippen LogP contribution in [0.25, 0.3) is 11.4 Å². The van der Waals surface area contributed by atoms with Gasteiger partial charge >= 0.3 is 0 Å². The van der Waals surface area contributed by atoms with Gasteiger partial charge in [-0.3, -0.25) is 4.79 Å². The minimum Gasteiger partial charge on any atom is -0.321 e. The number of anilines is 1. The number of carbonyl (C=O) groups is 1. The van der Waals surface area contributed by atoms with Gasteiger partial charge in [-0.05, 0) is 65.7 Å². The number of amides is 1. The Balaban J connectivity index is 1.83. The van der Waals surface area contributed by atoms with Crippen molar-refractivity contribution in [1.82, 2.24) is 24.9 Å². The lowest BCUT2D eigenvalue weighted by Gasteiger charge is -2.21. The van der Waals surface area contributed by atoms with Gasteiger partial charge < -0.3 is 5.32 Å². The highest BCUT2D eigenvalue weighted by Gasteiger charge is 2.23. The number of nitrogens with one attached hydrogen (secondary N) is 2. The molecule has 3 rings (SSSR count). The maximum Gasteiger partial charge on any atom is 0.255 e. The minimum absolute atomic E-state index is 0.155. The van der Waals surface area contributed by atoms with E-state index in [0.717, 1.165) is 12.8 Å². The summed E-state index contributed by atoms with van der Waals surface area (Å²) < 4.78 is 27.2. The second-order valence-electron chi connectivity index (χ2n) is 6.82. The van der Waals surface area contributed by atoms with Crippen LogP contribution in [0.5, 0.6) is 0 Å². The SMILES string of the molecule is CCCN(CCC)S(=O)(=O)c1ccc(C(=O)Nc2cc(Cl)ccc2-c2nnn[nH]2)cc1. The summed E-state index contributed by atoms with van der Waals surface area (Å²) in [5.41, 5.74) is 1.29. The van der Waals surface area contributed by atoms with Crippen molar-refractivity contribution in [3.05, 3.63) is 53.1 Å². The Labute approximate surface area is 185 Å². The molecular formula is C20H23ClN6O3S. The number of sulfonamides is 1. The third-order valence-electron chi connectivity index (χ3n) is 4.53. The third kappa shape index (κ3) is 5.27. The first-order valence-electron chi connectivity index (χ1n) is 9.82. The summed E-state index contributed by atoms with van der Waals surface area (Å²) in [5.74, 6) is -0.0424. The third-order valence-corrected chi connectivity index (χ3v) is 6.68. The molecule has 31 heavy (non-hydrogen) atoms. The highest BCUT2D eigenvalue weighted by Crippen LogP contribution is 2.28. The van der Waals surface area contributed by atoms with Crippen molar-refractivity contribution in [2.45, 2.75) is 31.6 Å². The monoisotopic (exact) mass is 462 g/mol. The van der Waals surface area contributed by atoms with Gasteiger partial charge in [0.15, 0.2) is 5.82 Å². The van der Waals surface area contributed by atoms with Crippen molar-refractivity contribution in [3.63, 3.8) is 0 Å². The fourth-order valence-corrected chi connectivity index (χ4v) is 4.87. The molecule has 2 N–H and O–H groups in total. The number of aromatic nitrogens is 4. The van der Waals surface area contributed by atoms with E-state index in [1.807, 2.05) is 13.8 Å². The highest BCUT2D eigenvalue weighted by atomic mass is 35.5. The second kappa shape index (κ2) is 9.99. The largest absolute Gasteiger partial charge is 0.321 e. The van der Waals surface area contributed by atoms with Gasteiger partial charge in [0.25, 0.3) is 5.91 Å². The average molecular weight is 463 g/mol. The van der Waals surface area contributed by atoms with Crippen molar-refractivity contribution < 1.29 is 13.2 Å². The first-order chi connectivity index (χ1) is 14.9. The number of rotatable bonds is 9. The number of carbonyl (C=O) groups excluding carboxylic acids is 1. The number of benzene rings is 2. The van der Waals surface area contributed by atoms with Crippen LogP contribution in [0, 0.1) is 0 Å². The summed E-state index contributed by atoms with van der Waals surface area (Å²) in [5, 5.41) is 16.8. The van der Waals surface area contributed by atoms with Gasteiger partial charge in [-0.1, -0.05) is 25.4 Å². The fraction of sp³-hybridized carbons (Fsp3) is 0.300. The highest BCUT2D eigenvalue weighted by molar-refractivity contribution is 7.89. The van der Waals surface area contributed by atoms with E-state index in [2.05, 4.69) is 25.9 Å². The smallest absolute Gasteiger partial charge is 0.255 e. The van der Waals surface area contributed by atoms with E-state index in [9.17, 15) is 13.2 Å². The second-order valence-corrected chi connectivity index (χ2v) is 9.20. The molecule has 0 spiro atoms. The van der Waals surface area contributed by atoms with Crippen LogP contribution >= 0.6 is 11.6 Å². The molecule has 1 aromatic heterocycles. The van der Waals surface area contributed by atoms with Gasteiger partial charge in [-0.25, -0.2) is 13.5 Å². The molecule has 0 saturated heterocycles. The van der Waals surface area contributed by atoms with Crippen LogP contribution in [0.1, 0.15) is 37.0 Å². The van der Waals surface area contributed by atoms with Crippen molar-refractivity contribution in [3.8, 4) is 11.4 Å². The number of hydrogen-bond acceptors (Lipinski definition) is 6. The van der Waals surface area contributed by atoms with Crippen LogP contribution in [0.2, 0.25) is 5.02 Å². The molecule has 9 nitrogen and oxygen atoms in total. The van der Waals surface area contributed by atoms with Crippen molar-refractivity contribution in [1.29, 1.82) is 0 Å². The minimum atomic E-state index is -3.61. The molecule has 0 aliphatic heterocycles. The first kappa shape index (κ1) is 22.9. The number of tetrazole rings is 1. The van der Waals surface area contributed by atoms with Crippen molar-refractivity contribution in [2.24, 2.45) is 0 Å². The van der Waals surface area contributed by atoms with Crippen LogP contribution < -0.4 is 5.32 Å². The molecule has 0 unspecified atom stereocenters. The average Bonchev–Trinajstić information content (AvgIpc) is 3.28. The summed E-state index contributed by atoms with van der Waals surface area (Å²) in [7, 11) is -3.61. The Hall–Kier alpha value is -2.82. The van der Waals surface area contributed by atoms with Crippen molar-refractivity contribution >= 4 is 33.2 Å². The van der Waals surface area contributed by atoms with Gasteiger partial charge in [-0.15, -0.1) is 5.10 Å². The molecule has 0 saturated carbocycles. The molecule has 0 aliphatic rings. The summed E-state index contributed by atoms with van der Waals surface area (Å²) in [6.07, 6.45) is 1.45. The molecule has 0 atom stereocenters. The van der Waals surface area contributed by atoms with E-state index in [1.165, 1.54) is 28.6 Å². The lowest BCUT2D eigenvalue weighted by molar-refractivity contribution is 0.102. The molecule has 2 aromatic carbocycles. The van der Waals surface area contributed by atoms with Crippen molar-refractivity contribution in [2.75, 3.05) is 18.4 Å². The molecule has 0 fully saturated rings. The Morgan fingerprint density at radius 2 is 1.77 bits per heavy atom. The Morgan fingerprint density at radius 1 is 1.10 bits per heavy atom. The predicted octanol–water partition coefficient (Wildman–Crippen LogP) is 3.58. The number of hydrogen-bond donors (Lipinski definition) is 2. The maximum absolute atomic E-state index is 12.9. The molecule has 0 radical (unpaired) electrons. The lowest BCUT2D eigenvalue weighted by atomic mass is 10.1. The molecule has 0 bridgehead atoms. The van der Waals surface area contributed by atoms with E-state index < -0.39 is 15.9 Å². The Kier molecular flexibility index (Phi) is 7.37. The molecular weight excluding hydrogens is 440 g/mol. The number of aromatic amines is 1. The topological polar surface area (TPSA) is 121 Å². The standard InChI is InChI=1S/C20H23ClN6O3S/c1-3-11-27(12-4-2)31(29,30)16-8-5-14(6-9-16)20(28)22-18-13-15(21)7-10-17(18)19-23-25-26-24-19/h5-10,13H,3-4,11-12H2,1-2H3,(H,22,28)(H,23,24,25,26). The van der Waals surface area contributed by atoms with E-state index in [1.54, 1.807) is 18.2 Å². The number of H-pyrrole nitrogens is 1. The lowest BCUT2D eigenvalue weighted by Crippen LogP contribution is -2.32. The van der Waals surface area contributed by atoms with Crippen LogP contribution in [0.4, 0.5) is 5.69 Å². The van der Waals surface area contributed by atoms with Gasteiger partial charge in [0.2, 0.25) is 10.0 Å². The van der Waals surface area contributed by atoms with Crippen LogP contribution in [-0.2, 0) is 10.0 Å². The zero-order valence-electron chi connectivity index (χ0n) is 17.2. The van der Waals surface area contributed by atoms with Gasteiger partial charge in [0.05, 0.1) is 10.6 Å². The quantitative estimate of drug-likeness (QED) is 0.501. The molecule has 1 amide bonds. The van der Waals surface area contributed by atoms with Crippen LogP contribution in [0.3, 0.4) is 0 Å². The predicted molar refractivity (Wildman–Crippen MR) is 118 cm³/mol. The summed E-state index contributed by atoms with van der Waals surface area (Å²) in [6.45, 7) is 4.77. The van der Waals surface area contributed by atoms with E-state index in [4.69, 9.17) is 11.6 Å². The van der Waals surface area contributed by atoms with Gasteiger partial charge in [0.1, 0.15) is 0 Å². The number of halogens is 1. The van der Waals surface area contributed by atoms with E-state index in [-0.39, 0.29) is 4.90 Å². The Morgan fingerprint density at radius 3 is 2.35 bits per heavy atom. The number of nitrogens with zero attached hydrogens (tertiary/aromatic N) is 4. The summed E-state index contributed by atoms with van der Waals surface area (Å²) >= 11 is 6.08. The van der Waals surface area contributed by atoms with E-state index in [0.29, 0.717) is 40.8 Å². The van der Waals surface area contributed by atoms with Gasteiger partial charge in [0, 0.05) is 29.2 Å². The molecule has 1 heterocycles. The fourth-order valence-electron chi connectivity index (χ4n) is 3.07. The molecule has 0 aliphatic carbocycles. The van der Waals surface area contributed by atoms with Crippen LogP contribution in [-0.4, -0.2) is 52.3 Å². The normalized spacial score (nSPS) is 11.6. The van der Waals surface area contributed by atoms with Crippen LogP contribution in [0.15, 0.2) is 47.4 Å². The first-order valence-corrected chi connectivity index (χ1v) is 11.6. The van der Waals surface area contributed by atoms with Gasteiger partial charge in [-0.2, -0.15) is 4.31 Å². The zero-order chi connectivity index (χ0) is 22.4. The maximum atomic E-state index is 12.9. The summed E-state index contributed by atoms with van der Waals surface area (Å²) in [6, 6.07) is 10.8. The Bertz CT molecular complexity index is 1130. The molecule has 164 valence electrons.